The highest BCUT2D eigenvalue weighted by atomic mass is 79.9. The van der Waals surface area contributed by atoms with E-state index in [9.17, 15) is 8.78 Å². The fraction of sp³-hybridized carbons (Fsp3) is 0. The summed E-state index contributed by atoms with van der Waals surface area (Å²) in [5.41, 5.74) is 0.204. The summed E-state index contributed by atoms with van der Waals surface area (Å²) < 4.78 is 26.6. The van der Waals surface area contributed by atoms with Gasteiger partial charge in [0, 0.05) is 18.3 Å². The third-order valence-corrected chi connectivity index (χ3v) is 3.00. The fourth-order valence-corrected chi connectivity index (χ4v) is 1.72. The maximum atomic E-state index is 13.3. The molecule has 0 fully saturated rings. The molecule has 1 heterocycles. The molecule has 1 aromatic heterocycles. The SMILES string of the molecule is Fc1cc(F)c2c(Cl)c(Br)cnc2c1. The number of pyridine rings is 1. The van der Waals surface area contributed by atoms with E-state index in [4.69, 9.17) is 11.6 Å². The standard InChI is InChI=1S/C9H3BrClF2N/c10-5-3-14-7-2-4(12)1-6(13)8(7)9(5)11/h1-3H. The van der Waals surface area contributed by atoms with Gasteiger partial charge in [-0.05, 0) is 15.9 Å². The van der Waals surface area contributed by atoms with Gasteiger partial charge in [0.1, 0.15) is 11.6 Å². The van der Waals surface area contributed by atoms with Crippen LogP contribution in [0.3, 0.4) is 0 Å². The van der Waals surface area contributed by atoms with Gasteiger partial charge in [0.15, 0.2) is 0 Å². The van der Waals surface area contributed by atoms with E-state index in [0.717, 1.165) is 12.1 Å². The van der Waals surface area contributed by atoms with E-state index < -0.39 is 11.6 Å². The Kier molecular flexibility index (Phi) is 2.41. The molecule has 2 rings (SSSR count). The van der Waals surface area contributed by atoms with Crippen molar-refractivity contribution < 1.29 is 8.78 Å². The lowest BCUT2D eigenvalue weighted by atomic mass is 10.2. The molecule has 0 saturated heterocycles. The largest absolute Gasteiger partial charge is 0.255 e. The Morgan fingerprint density at radius 2 is 2.00 bits per heavy atom. The quantitative estimate of drug-likeness (QED) is 0.711. The van der Waals surface area contributed by atoms with Crippen LogP contribution in [0.15, 0.2) is 22.8 Å². The molecule has 1 aromatic carbocycles. The van der Waals surface area contributed by atoms with Gasteiger partial charge >= 0.3 is 0 Å². The van der Waals surface area contributed by atoms with Crippen LogP contribution in [0.1, 0.15) is 0 Å². The number of benzene rings is 1. The van der Waals surface area contributed by atoms with Crippen molar-refractivity contribution >= 4 is 38.4 Å². The zero-order chi connectivity index (χ0) is 10.3. The summed E-state index contributed by atoms with van der Waals surface area (Å²) in [6.07, 6.45) is 1.41. The average molecular weight is 278 g/mol. The van der Waals surface area contributed by atoms with E-state index in [2.05, 4.69) is 20.9 Å². The van der Waals surface area contributed by atoms with Gasteiger partial charge < -0.3 is 0 Å². The summed E-state index contributed by atoms with van der Waals surface area (Å²) in [5, 5.41) is 0.329. The van der Waals surface area contributed by atoms with Crippen LogP contribution < -0.4 is 0 Å². The number of rotatable bonds is 0. The molecule has 5 heteroatoms. The molecule has 0 saturated carbocycles. The van der Waals surface area contributed by atoms with E-state index >= 15 is 0 Å². The molecule has 0 N–H and O–H groups in total. The van der Waals surface area contributed by atoms with Crippen LogP contribution in [0.4, 0.5) is 8.78 Å². The van der Waals surface area contributed by atoms with E-state index in [1.54, 1.807) is 0 Å². The third-order valence-electron chi connectivity index (χ3n) is 1.78. The minimum Gasteiger partial charge on any atom is -0.255 e. The first-order valence-corrected chi connectivity index (χ1v) is 4.85. The first kappa shape index (κ1) is 9.80. The van der Waals surface area contributed by atoms with Gasteiger partial charge in [-0.25, -0.2) is 8.78 Å². The second-order valence-corrected chi connectivity index (χ2v) is 3.93. The molecular weight excluding hydrogens is 275 g/mol. The van der Waals surface area contributed by atoms with Crippen LogP contribution in [0.2, 0.25) is 5.02 Å². The van der Waals surface area contributed by atoms with E-state index in [0.29, 0.717) is 4.47 Å². The molecule has 0 spiro atoms. The molecule has 0 aliphatic rings. The molecule has 2 aromatic rings. The summed E-state index contributed by atoms with van der Waals surface area (Å²) in [5.74, 6) is -1.38. The fourth-order valence-electron chi connectivity index (χ4n) is 1.18. The van der Waals surface area contributed by atoms with E-state index in [1.807, 2.05) is 0 Å². The van der Waals surface area contributed by atoms with Crippen molar-refractivity contribution in [2.45, 2.75) is 0 Å². The molecule has 0 unspecified atom stereocenters. The van der Waals surface area contributed by atoms with Gasteiger partial charge in [0.2, 0.25) is 0 Å². The molecule has 72 valence electrons. The maximum Gasteiger partial charge on any atom is 0.137 e. The summed E-state index contributed by atoms with van der Waals surface area (Å²) in [4.78, 5) is 3.85. The normalized spacial score (nSPS) is 10.9. The Morgan fingerprint density at radius 3 is 2.71 bits per heavy atom. The molecule has 0 bridgehead atoms. The molecule has 0 amide bonds. The monoisotopic (exact) mass is 277 g/mol. The third kappa shape index (κ3) is 1.48. The summed E-state index contributed by atoms with van der Waals surface area (Å²) in [7, 11) is 0. The maximum absolute atomic E-state index is 13.3. The minimum absolute atomic E-state index is 0.127. The molecule has 0 atom stereocenters. The zero-order valence-electron chi connectivity index (χ0n) is 6.69. The Bertz CT molecular complexity index is 516. The number of aromatic nitrogens is 1. The van der Waals surface area contributed by atoms with Gasteiger partial charge in [-0.3, -0.25) is 4.98 Å². The number of fused-ring (bicyclic) bond motifs is 1. The molecule has 1 nitrogen and oxygen atoms in total. The predicted octanol–water partition coefficient (Wildman–Crippen LogP) is 3.93. The number of halogens is 4. The topological polar surface area (TPSA) is 12.9 Å². The van der Waals surface area contributed by atoms with Crippen LogP contribution in [-0.4, -0.2) is 4.98 Å². The van der Waals surface area contributed by atoms with E-state index in [1.165, 1.54) is 6.20 Å². The number of hydrogen-bond donors (Lipinski definition) is 0. The van der Waals surface area contributed by atoms with Crippen molar-refractivity contribution in [2.24, 2.45) is 0 Å². The Balaban J connectivity index is 2.95. The summed E-state index contributed by atoms with van der Waals surface area (Å²) in [6.45, 7) is 0. The van der Waals surface area contributed by atoms with Crippen molar-refractivity contribution in [1.82, 2.24) is 4.98 Å². The lowest BCUT2D eigenvalue weighted by molar-refractivity contribution is 0.591. The van der Waals surface area contributed by atoms with Crippen LogP contribution in [0.25, 0.3) is 10.9 Å². The van der Waals surface area contributed by atoms with Crippen molar-refractivity contribution in [3.63, 3.8) is 0 Å². The minimum atomic E-state index is -0.709. The van der Waals surface area contributed by atoms with Crippen molar-refractivity contribution in [3.05, 3.63) is 39.5 Å². The predicted molar refractivity (Wildman–Crippen MR) is 54.4 cm³/mol. The van der Waals surface area contributed by atoms with Gasteiger partial charge in [-0.1, -0.05) is 11.6 Å². The van der Waals surface area contributed by atoms with Crippen LogP contribution in [0, 0.1) is 11.6 Å². The first-order chi connectivity index (χ1) is 6.59. The molecule has 0 radical (unpaired) electrons. The zero-order valence-corrected chi connectivity index (χ0v) is 9.03. The molecular formula is C9H3BrClF2N. The summed E-state index contributed by atoms with van der Waals surface area (Å²) >= 11 is 8.95. The lowest BCUT2D eigenvalue weighted by Gasteiger charge is -2.03. The van der Waals surface area contributed by atoms with Crippen LogP contribution >= 0.6 is 27.5 Å². The van der Waals surface area contributed by atoms with Crippen molar-refractivity contribution in [3.8, 4) is 0 Å². The molecule has 0 aliphatic carbocycles. The molecule has 0 aliphatic heterocycles. The highest BCUT2D eigenvalue weighted by Crippen LogP contribution is 2.31. The van der Waals surface area contributed by atoms with Gasteiger partial charge in [-0.15, -0.1) is 0 Å². The highest BCUT2D eigenvalue weighted by Gasteiger charge is 2.11. The molecule has 14 heavy (non-hydrogen) atoms. The van der Waals surface area contributed by atoms with Gasteiger partial charge in [-0.2, -0.15) is 0 Å². The van der Waals surface area contributed by atoms with Crippen molar-refractivity contribution in [1.29, 1.82) is 0 Å². The van der Waals surface area contributed by atoms with Crippen molar-refractivity contribution in [2.75, 3.05) is 0 Å². The second kappa shape index (κ2) is 3.44. The Labute approximate surface area is 91.8 Å². The van der Waals surface area contributed by atoms with Gasteiger partial charge in [0.05, 0.1) is 20.4 Å². The van der Waals surface area contributed by atoms with Crippen LogP contribution in [-0.2, 0) is 0 Å². The summed E-state index contributed by atoms with van der Waals surface area (Å²) in [6, 6.07) is 1.92. The Morgan fingerprint density at radius 1 is 1.29 bits per heavy atom. The Hall–Kier alpha value is -0.740. The number of hydrogen-bond acceptors (Lipinski definition) is 1. The second-order valence-electron chi connectivity index (χ2n) is 2.70. The lowest BCUT2D eigenvalue weighted by Crippen LogP contribution is -1.88. The van der Waals surface area contributed by atoms with Crippen LogP contribution in [0.5, 0.6) is 0 Å². The average Bonchev–Trinajstić information content (AvgIpc) is 2.10. The first-order valence-electron chi connectivity index (χ1n) is 3.68. The number of nitrogens with zero attached hydrogens (tertiary/aromatic N) is 1. The smallest absolute Gasteiger partial charge is 0.137 e. The van der Waals surface area contributed by atoms with Gasteiger partial charge in [0.25, 0.3) is 0 Å². The van der Waals surface area contributed by atoms with E-state index in [-0.39, 0.29) is 15.9 Å². The highest BCUT2D eigenvalue weighted by molar-refractivity contribution is 9.10.